The number of carbonyl (C=O) groups is 1. The molecule has 1 aliphatic carbocycles. The molecule has 1 aliphatic heterocycles. The number of hydrogen-bond acceptors (Lipinski definition) is 2. The number of nitrogens with zero attached hydrogens (tertiary/aromatic N) is 1. The van der Waals surface area contributed by atoms with Gasteiger partial charge in [0.15, 0.2) is 0 Å². The zero-order valence-corrected chi connectivity index (χ0v) is 9.67. The van der Waals surface area contributed by atoms with Crippen molar-refractivity contribution in [3.8, 4) is 0 Å². The molecule has 0 spiro atoms. The third-order valence-electron chi connectivity index (χ3n) is 3.73. The van der Waals surface area contributed by atoms with E-state index in [1.165, 1.54) is 32.1 Å². The van der Waals surface area contributed by atoms with Gasteiger partial charge in [-0.15, -0.1) is 0 Å². The average Bonchev–Trinajstić information content (AvgIpc) is 2.66. The first-order valence-electron chi connectivity index (χ1n) is 6.29. The van der Waals surface area contributed by atoms with E-state index in [0.717, 1.165) is 25.6 Å². The maximum absolute atomic E-state index is 11.9. The lowest BCUT2D eigenvalue weighted by Crippen LogP contribution is -2.45. The van der Waals surface area contributed by atoms with Crippen LogP contribution in [0.4, 0.5) is 0 Å². The Labute approximate surface area is 92.2 Å². The Morgan fingerprint density at radius 2 is 2.00 bits per heavy atom. The Kier molecular flexibility index (Phi) is 3.62. The van der Waals surface area contributed by atoms with Crippen molar-refractivity contribution in [2.75, 3.05) is 19.6 Å². The summed E-state index contributed by atoms with van der Waals surface area (Å²) in [6.07, 6.45) is 6.43. The van der Waals surface area contributed by atoms with Gasteiger partial charge in [0.1, 0.15) is 0 Å². The molecule has 2 aliphatic rings. The van der Waals surface area contributed by atoms with E-state index in [1.54, 1.807) is 0 Å². The first-order chi connectivity index (χ1) is 7.27. The van der Waals surface area contributed by atoms with Gasteiger partial charge < -0.3 is 10.2 Å². The predicted molar refractivity (Wildman–Crippen MR) is 60.6 cm³/mol. The number of carbonyl (C=O) groups excluding carboxylic acids is 1. The van der Waals surface area contributed by atoms with Gasteiger partial charge in [-0.25, -0.2) is 0 Å². The van der Waals surface area contributed by atoms with Crippen LogP contribution in [0.25, 0.3) is 0 Å². The molecule has 0 aromatic heterocycles. The molecule has 2 fully saturated rings. The summed E-state index contributed by atoms with van der Waals surface area (Å²) >= 11 is 0. The van der Waals surface area contributed by atoms with Crippen LogP contribution >= 0.6 is 0 Å². The molecule has 1 atom stereocenters. The van der Waals surface area contributed by atoms with Crippen molar-refractivity contribution >= 4 is 5.91 Å². The molecule has 0 aromatic rings. The highest BCUT2D eigenvalue weighted by Crippen LogP contribution is 2.25. The van der Waals surface area contributed by atoms with Gasteiger partial charge in [-0.2, -0.15) is 0 Å². The van der Waals surface area contributed by atoms with Gasteiger partial charge >= 0.3 is 0 Å². The molecule has 86 valence electrons. The third-order valence-corrected chi connectivity index (χ3v) is 3.73. The molecule has 2 rings (SSSR count). The summed E-state index contributed by atoms with van der Waals surface area (Å²) < 4.78 is 0. The minimum absolute atomic E-state index is 0.0173. The lowest BCUT2D eigenvalue weighted by Gasteiger charge is -2.28. The van der Waals surface area contributed by atoms with Crippen LogP contribution in [0.3, 0.4) is 0 Å². The maximum Gasteiger partial charge on any atom is 0.239 e. The molecule has 0 aromatic carbocycles. The predicted octanol–water partition coefficient (Wildman–Crippen LogP) is 1.39. The van der Waals surface area contributed by atoms with Crippen LogP contribution in [-0.4, -0.2) is 36.5 Å². The van der Waals surface area contributed by atoms with Gasteiger partial charge in [-0.3, -0.25) is 4.79 Å². The van der Waals surface area contributed by atoms with E-state index in [1.807, 2.05) is 11.8 Å². The highest BCUT2D eigenvalue weighted by Gasteiger charge is 2.24. The van der Waals surface area contributed by atoms with E-state index in [9.17, 15) is 4.79 Å². The average molecular weight is 210 g/mol. The summed E-state index contributed by atoms with van der Waals surface area (Å²) in [6.45, 7) is 4.96. The van der Waals surface area contributed by atoms with E-state index in [-0.39, 0.29) is 6.04 Å². The Hall–Kier alpha value is -0.570. The second-order valence-electron chi connectivity index (χ2n) is 4.96. The van der Waals surface area contributed by atoms with Crippen LogP contribution in [0.15, 0.2) is 0 Å². The Morgan fingerprint density at radius 1 is 1.33 bits per heavy atom. The van der Waals surface area contributed by atoms with E-state index in [0.29, 0.717) is 5.91 Å². The topological polar surface area (TPSA) is 32.3 Å². The Bertz CT molecular complexity index is 220. The zero-order valence-electron chi connectivity index (χ0n) is 9.67. The molecule has 3 nitrogen and oxygen atoms in total. The fourth-order valence-electron chi connectivity index (χ4n) is 2.34. The zero-order chi connectivity index (χ0) is 10.7. The quantitative estimate of drug-likeness (QED) is 0.760. The summed E-state index contributed by atoms with van der Waals surface area (Å²) in [7, 11) is 0. The highest BCUT2D eigenvalue weighted by molar-refractivity contribution is 5.81. The Balaban J connectivity index is 1.68. The van der Waals surface area contributed by atoms with Crippen molar-refractivity contribution < 1.29 is 4.79 Å². The molecule has 1 saturated heterocycles. The summed E-state index contributed by atoms with van der Waals surface area (Å²) in [5.41, 5.74) is 0. The minimum atomic E-state index is 0.0173. The van der Waals surface area contributed by atoms with E-state index in [2.05, 4.69) is 5.32 Å². The Morgan fingerprint density at radius 3 is 2.53 bits per heavy atom. The fourth-order valence-corrected chi connectivity index (χ4v) is 2.34. The smallest absolute Gasteiger partial charge is 0.239 e. The largest absolute Gasteiger partial charge is 0.341 e. The lowest BCUT2D eigenvalue weighted by atomic mass is 9.85. The summed E-state index contributed by atoms with van der Waals surface area (Å²) in [5.74, 6) is 1.13. The first-order valence-corrected chi connectivity index (χ1v) is 6.29. The summed E-state index contributed by atoms with van der Waals surface area (Å²) in [6, 6.07) is 0.0173. The van der Waals surface area contributed by atoms with E-state index >= 15 is 0 Å². The van der Waals surface area contributed by atoms with Crippen molar-refractivity contribution in [1.82, 2.24) is 10.2 Å². The van der Waals surface area contributed by atoms with Crippen LogP contribution in [0.5, 0.6) is 0 Å². The standard InChI is InChI=1S/C12H22N2O/c1-10(13-9-11-5-4-6-11)12(15)14-7-2-3-8-14/h10-11,13H,2-9H2,1H3. The van der Waals surface area contributed by atoms with Crippen LogP contribution in [0, 0.1) is 5.92 Å². The van der Waals surface area contributed by atoms with Gasteiger partial charge in [-0.05, 0) is 45.1 Å². The minimum Gasteiger partial charge on any atom is -0.341 e. The lowest BCUT2D eigenvalue weighted by molar-refractivity contribution is -0.132. The van der Waals surface area contributed by atoms with Crippen molar-refractivity contribution in [1.29, 1.82) is 0 Å². The van der Waals surface area contributed by atoms with Gasteiger partial charge in [0.2, 0.25) is 5.91 Å². The summed E-state index contributed by atoms with van der Waals surface area (Å²) in [4.78, 5) is 13.9. The molecule has 0 bridgehead atoms. The van der Waals surface area contributed by atoms with Crippen molar-refractivity contribution in [2.45, 2.75) is 45.1 Å². The van der Waals surface area contributed by atoms with E-state index < -0.39 is 0 Å². The molecule has 1 unspecified atom stereocenters. The van der Waals surface area contributed by atoms with Crippen molar-refractivity contribution in [2.24, 2.45) is 5.92 Å². The van der Waals surface area contributed by atoms with Gasteiger partial charge in [0.05, 0.1) is 6.04 Å². The maximum atomic E-state index is 11.9. The molecular formula is C12H22N2O. The van der Waals surface area contributed by atoms with Gasteiger partial charge in [0.25, 0.3) is 0 Å². The second-order valence-corrected chi connectivity index (χ2v) is 4.96. The van der Waals surface area contributed by atoms with E-state index in [4.69, 9.17) is 0 Å². The van der Waals surface area contributed by atoms with Crippen molar-refractivity contribution in [3.63, 3.8) is 0 Å². The first kappa shape index (κ1) is 10.9. The number of nitrogens with one attached hydrogen (secondary N) is 1. The number of likely N-dealkylation sites (tertiary alicyclic amines) is 1. The molecule has 3 heteroatoms. The van der Waals surface area contributed by atoms with Crippen LogP contribution in [0.1, 0.15) is 39.0 Å². The number of hydrogen-bond donors (Lipinski definition) is 1. The van der Waals surface area contributed by atoms with Crippen LogP contribution in [-0.2, 0) is 4.79 Å². The SMILES string of the molecule is CC(NCC1CCC1)C(=O)N1CCCC1. The van der Waals surface area contributed by atoms with Crippen LogP contribution in [0.2, 0.25) is 0 Å². The normalized spacial score (nSPS) is 23.9. The second kappa shape index (κ2) is 4.97. The molecule has 1 saturated carbocycles. The summed E-state index contributed by atoms with van der Waals surface area (Å²) in [5, 5.41) is 3.37. The fraction of sp³-hybridized carbons (Fsp3) is 0.917. The molecule has 0 radical (unpaired) electrons. The third kappa shape index (κ3) is 2.71. The van der Waals surface area contributed by atoms with Crippen molar-refractivity contribution in [3.05, 3.63) is 0 Å². The van der Waals surface area contributed by atoms with Gasteiger partial charge in [0, 0.05) is 13.1 Å². The number of amides is 1. The molecule has 1 N–H and O–H groups in total. The molecule has 1 amide bonds. The van der Waals surface area contributed by atoms with Crippen LogP contribution < -0.4 is 5.32 Å². The van der Waals surface area contributed by atoms with Gasteiger partial charge in [-0.1, -0.05) is 6.42 Å². The highest BCUT2D eigenvalue weighted by atomic mass is 16.2. The monoisotopic (exact) mass is 210 g/mol. The molecular weight excluding hydrogens is 188 g/mol. The molecule has 15 heavy (non-hydrogen) atoms. The number of rotatable bonds is 4. The molecule has 1 heterocycles.